The summed E-state index contributed by atoms with van der Waals surface area (Å²) in [6.07, 6.45) is -2.15. The molecule has 0 radical (unpaired) electrons. The number of nitrogens with one attached hydrogen (secondary N) is 1. The summed E-state index contributed by atoms with van der Waals surface area (Å²) in [6.45, 7) is 0. The number of rotatable bonds is 2. The fourth-order valence-corrected chi connectivity index (χ4v) is 2.94. The minimum atomic E-state index is -1.13. The fraction of sp³-hybridized carbons (Fsp3) is 0.500. The summed E-state index contributed by atoms with van der Waals surface area (Å²) < 4.78 is 7.52. The number of halogens is 1. The Balaban J connectivity index is 2.09. The molecular formula is C10H12IN5O4. The first-order valence-electron chi connectivity index (χ1n) is 5.83. The molecule has 9 nitrogen and oxygen atoms in total. The van der Waals surface area contributed by atoms with Crippen molar-refractivity contribution >= 4 is 39.7 Å². The SMILES string of the molecule is Nc1nc2c(ncn2C2OC(CI)C(O)C2O)c(=O)[nH]1. The second kappa shape index (κ2) is 4.95. The number of nitrogens with two attached hydrogens (primary N) is 1. The molecule has 4 atom stereocenters. The van der Waals surface area contributed by atoms with Crippen molar-refractivity contribution in [3.8, 4) is 0 Å². The summed E-state index contributed by atoms with van der Waals surface area (Å²) in [4.78, 5) is 22.0. The fourth-order valence-electron chi connectivity index (χ4n) is 2.22. The van der Waals surface area contributed by atoms with Crippen LogP contribution in [0, 0.1) is 0 Å². The van der Waals surface area contributed by atoms with Crippen molar-refractivity contribution in [2.24, 2.45) is 0 Å². The summed E-state index contributed by atoms with van der Waals surface area (Å²) in [5, 5.41) is 19.9. The molecular weight excluding hydrogens is 381 g/mol. The van der Waals surface area contributed by atoms with Crippen molar-refractivity contribution < 1.29 is 14.9 Å². The first kappa shape index (κ1) is 13.7. The monoisotopic (exact) mass is 393 g/mol. The molecule has 0 aliphatic carbocycles. The van der Waals surface area contributed by atoms with Crippen LogP contribution in [0.25, 0.3) is 11.2 Å². The van der Waals surface area contributed by atoms with Crippen LogP contribution in [0.5, 0.6) is 0 Å². The van der Waals surface area contributed by atoms with E-state index >= 15 is 0 Å². The normalized spacial score (nSPS) is 30.1. The number of ether oxygens (including phenoxy) is 1. The maximum absolute atomic E-state index is 11.7. The molecule has 10 heteroatoms. The molecule has 3 rings (SSSR count). The minimum absolute atomic E-state index is 0.0530. The predicted octanol–water partition coefficient (Wildman–Crippen LogP) is -1.24. The molecule has 1 saturated heterocycles. The van der Waals surface area contributed by atoms with Gasteiger partial charge in [0.15, 0.2) is 17.4 Å². The van der Waals surface area contributed by atoms with Crippen LogP contribution in [-0.4, -0.2) is 52.5 Å². The van der Waals surface area contributed by atoms with Gasteiger partial charge in [0.2, 0.25) is 5.95 Å². The maximum Gasteiger partial charge on any atom is 0.280 e. The van der Waals surface area contributed by atoms with Crippen molar-refractivity contribution in [2.75, 3.05) is 10.2 Å². The van der Waals surface area contributed by atoms with E-state index in [1.54, 1.807) is 0 Å². The molecule has 0 aromatic carbocycles. The molecule has 0 spiro atoms. The van der Waals surface area contributed by atoms with Crippen LogP contribution in [0.3, 0.4) is 0 Å². The Morgan fingerprint density at radius 2 is 2.25 bits per heavy atom. The van der Waals surface area contributed by atoms with Gasteiger partial charge in [0.25, 0.3) is 5.56 Å². The highest BCUT2D eigenvalue weighted by molar-refractivity contribution is 14.1. The lowest BCUT2D eigenvalue weighted by molar-refractivity contribution is -0.0283. The topological polar surface area (TPSA) is 139 Å². The van der Waals surface area contributed by atoms with Crippen molar-refractivity contribution in [2.45, 2.75) is 24.5 Å². The number of H-pyrrole nitrogens is 1. The van der Waals surface area contributed by atoms with Gasteiger partial charge in [0.05, 0.1) is 12.4 Å². The van der Waals surface area contributed by atoms with Crippen LogP contribution < -0.4 is 11.3 Å². The van der Waals surface area contributed by atoms with E-state index in [9.17, 15) is 15.0 Å². The Bertz CT molecular complexity index is 701. The van der Waals surface area contributed by atoms with E-state index in [2.05, 4.69) is 37.5 Å². The second-order valence-electron chi connectivity index (χ2n) is 4.48. The Hall–Kier alpha value is -1.24. The molecule has 1 fully saturated rings. The third kappa shape index (κ3) is 1.99. The van der Waals surface area contributed by atoms with Gasteiger partial charge < -0.3 is 20.7 Å². The highest BCUT2D eigenvalue weighted by atomic mass is 127. The maximum atomic E-state index is 11.7. The van der Waals surface area contributed by atoms with Crippen molar-refractivity contribution in [1.29, 1.82) is 0 Å². The van der Waals surface area contributed by atoms with E-state index < -0.39 is 30.1 Å². The Labute approximate surface area is 125 Å². The van der Waals surface area contributed by atoms with Gasteiger partial charge in [-0.1, -0.05) is 22.6 Å². The Kier molecular flexibility index (Phi) is 3.40. The molecule has 0 saturated carbocycles. The van der Waals surface area contributed by atoms with Gasteiger partial charge in [-0.25, -0.2) is 4.98 Å². The third-order valence-corrected chi connectivity index (χ3v) is 4.08. The molecule has 20 heavy (non-hydrogen) atoms. The molecule has 1 aliphatic heterocycles. The van der Waals surface area contributed by atoms with Crippen LogP contribution in [-0.2, 0) is 4.74 Å². The molecule has 3 heterocycles. The van der Waals surface area contributed by atoms with Gasteiger partial charge in [-0.2, -0.15) is 4.98 Å². The first-order valence-corrected chi connectivity index (χ1v) is 7.35. The standard InChI is InChI=1S/C10H12IN5O4/c11-1-3-5(17)6(18)9(20-3)16-2-13-4-7(16)14-10(12)15-8(4)19/h2-3,5-6,9,17-18H,1H2,(H3,12,14,15,19). The Morgan fingerprint density at radius 3 is 2.90 bits per heavy atom. The largest absolute Gasteiger partial charge is 0.387 e. The van der Waals surface area contributed by atoms with Crippen LogP contribution in [0.4, 0.5) is 5.95 Å². The molecule has 2 aromatic heterocycles. The number of nitrogen functional groups attached to an aromatic ring is 1. The molecule has 108 valence electrons. The number of hydrogen-bond acceptors (Lipinski definition) is 7. The number of aromatic amines is 1. The number of imidazole rings is 1. The van der Waals surface area contributed by atoms with E-state index in [0.717, 1.165) is 0 Å². The highest BCUT2D eigenvalue weighted by Crippen LogP contribution is 2.31. The molecule has 2 aromatic rings. The molecule has 1 aliphatic rings. The first-order chi connectivity index (χ1) is 9.52. The van der Waals surface area contributed by atoms with E-state index in [4.69, 9.17) is 10.5 Å². The average molecular weight is 393 g/mol. The van der Waals surface area contributed by atoms with Gasteiger partial charge in [0.1, 0.15) is 12.2 Å². The van der Waals surface area contributed by atoms with Crippen LogP contribution in [0.15, 0.2) is 11.1 Å². The van der Waals surface area contributed by atoms with Crippen molar-refractivity contribution in [3.05, 3.63) is 16.7 Å². The molecule has 4 unspecified atom stereocenters. The van der Waals surface area contributed by atoms with Crippen LogP contribution in [0.2, 0.25) is 0 Å². The second-order valence-corrected chi connectivity index (χ2v) is 5.36. The molecule has 0 amide bonds. The van der Waals surface area contributed by atoms with Gasteiger partial charge in [0, 0.05) is 4.43 Å². The van der Waals surface area contributed by atoms with E-state index in [1.165, 1.54) is 10.9 Å². The summed E-state index contributed by atoms with van der Waals surface area (Å²) in [5.74, 6) is -0.0530. The van der Waals surface area contributed by atoms with Crippen molar-refractivity contribution in [1.82, 2.24) is 19.5 Å². The zero-order chi connectivity index (χ0) is 14.4. The Morgan fingerprint density at radius 1 is 1.50 bits per heavy atom. The van der Waals surface area contributed by atoms with Crippen LogP contribution in [0.1, 0.15) is 6.23 Å². The number of aliphatic hydroxyl groups excluding tert-OH is 2. The summed E-state index contributed by atoms with van der Waals surface area (Å²) in [5.41, 5.74) is 5.34. The van der Waals surface area contributed by atoms with E-state index in [1.807, 2.05) is 0 Å². The highest BCUT2D eigenvalue weighted by Gasteiger charge is 2.43. The van der Waals surface area contributed by atoms with Gasteiger partial charge >= 0.3 is 0 Å². The number of nitrogens with zero attached hydrogens (tertiary/aromatic N) is 3. The van der Waals surface area contributed by atoms with Gasteiger partial charge in [-0.3, -0.25) is 14.3 Å². The average Bonchev–Trinajstić information content (AvgIpc) is 2.93. The summed E-state index contributed by atoms with van der Waals surface area (Å²) in [7, 11) is 0. The number of hydrogen-bond donors (Lipinski definition) is 4. The van der Waals surface area contributed by atoms with E-state index in [0.29, 0.717) is 4.43 Å². The summed E-state index contributed by atoms with van der Waals surface area (Å²) in [6, 6.07) is 0. The quantitative estimate of drug-likeness (QED) is 0.370. The zero-order valence-electron chi connectivity index (χ0n) is 10.1. The lowest BCUT2D eigenvalue weighted by Crippen LogP contribution is -2.32. The minimum Gasteiger partial charge on any atom is -0.387 e. The number of anilines is 1. The third-order valence-electron chi connectivity index (χ3n) is 3.21. The number of fused-ring (bicyclic) bond motifs is 1. The van der Waals surface area contributed by atoms with Gasteiger partial charge in [-0.05, 0) is 0 Å². The molecule has 0 bridgehead atoms. The van der Waals surface area contributed by atoms with Crippen LogP contribution >= 0.6 is 22.6 Å². The number of aliphatic hydroxyl groups is 2. The number of aromatic nitrogens is 4. The predicted molar refractivity (Wildman–Crippen MR) is 77.4 cm³/mol. The number of alkyl halides is 1. The smallest absolute Gasteiger partial charge is 0.280 e. The zero-order valence-corrected chi connectivity index (χ0v) is 12.3. The molecule has 5 N–H and O–H groups in total. The summed E-state index contributed by atoms with van der Waals surface area (Å²) >= 11 is 2.06. The van der Waals surface area contributed by atoms with E-state index in [-0.39, 0.29) is 17.1 Å². The van der Waals surface area contributed by atoms with Gasteiger partial charge in [-0.15, -0.1) is 0 Å². The van der Waals surface area contributed by atoms with Crippen molar-refractivity contribution in [3.63, 3.8) is 0 Å². The lowest BCUT2D eigenvalue weighted by atomic mass is 10.1. The lowest BCUT2D eigenvalue weighted by Gasteiger charge is -2.16.